The molecule has 0 aromatic rings. The van der Waals surface area contributed by atoms with Gasteiger partial charge in [-0.15, -0.1) is 0 Å². The highest BCUT2D eigenvalue weighted by Crippen LogP contribution is 2.23. The molecular formula is C11H19NO. The van der Waals surface area contributed by atoms with Crippen molar-refractivity contribution in [2.75, 3.05) is 19.7 Å². The monoisotopic (exact) mass is 181 g/mol. The van der Waals surface area contributed by atoms with Crippen LogP contribution in [0, 0.1) is 0 Å². The summed E-state index contributed by atoms with van der Waals surface area (Å²) < 4.78 is 0. The number of likely N-dealkylation sites (tertiary alicyclic amines) is 1. The van der Waals surface area contributed by atoms with Gasteiger partial charge in [-0.25, -0.2) is 0 Å². The van der Waals surface area contributed by atoms with Crippen LogP contribution in [0.25, 0.3) is 0 Å². The summed E-state index contributed by atoms with van der Waals surface area (Å²) in [7, 11) is 0. The van der Waals surface area contributed by atoms with Gasteiger partial charge in [-0.05, 0) is 38.6 Å². The van der Waals surface area contributed by atoms with Crippen LogP contribution in [0.2, 0.25) is 0 Å². The Bertz CT molecular complexity index is 200. The van der Waals surface area contributed by atoms with Crippen LogP contribution in [0.1, 0.15) is 32.1 Å². The van der Waals surface area contributed by atoms with Gasteiger partial charge >= 0.3 is 0 Å². The zero-order chi connectivity index (χ0) is 9.10. The first-order valence-electron chi connectivity index (χ1n) is 5.43. The lowest BCUT2D eigenvalue weighted by Gasteiger charge is -2.23. The molecule has 1 fully saturated rings. The molecule has 0 spiro atoms. The first-order valence-corrected chi connectivity index (χ1v) is 5.43. The van der Waals surface area contributed by atoms with Gasteiger partial charge in [-0.1, -0.05) is 11.6 Å². The fourth-order valence-electron chi connectivity index (χ4n) is 2.45. The molecule has 0 saturated carbocycles. The standard InChI is InChI=1S/C11H19NO/c13-9-11-6-3-7-12(11)8-10-4-1-2-5-10/h4,11,13H,1-3,5-9H2. The van der Waals surface area contributed by atoms with E-state index < -0.39 is 0 Å². The van der Waals surface area contributed by atoms with E-state index in [1.807, 2.05) is 0 Å². The fraction of sp³-hybridized carbons (Fsp3) is 0.818. The van der Waals surface area contributed by atoms with Gasteiger partial charge in [0, 0.05) is 12.6 Å². The first kappa shape index (κ1) is 9.22. The van der Waals surface area contributed by atoms with Crippen LogP contribution in [0.4, 0.5) is 0 Å². The normalized spacial score (nSPS) is 29.6. The van der Waals surface area contributed by atoms with Crippen LogP contribution >= 0.6 is 0 Å². The highest BCUT2D eigenvalue weighted by atomic mass is 16.3. The summed E-state index contributed by atoms with van der Waals surface area (Å²) in [6.07, 6.45) is 8.73. The van der Waals surface area contributed by atoms with E-state index in [0.29, 0.717) is 12.6 Å². The molecule has 2 aliphatic rings. The van der Waals surface area contributed by atoms with Gasteiger partial charge in [0.1, 0.15) is 0 Å². The van der Waals surface area contributed by atoms with Gasteiger partial charge in [-0.3, -0.25) is 4.90 Å². The van der Waals surface area contributed by atoms with Crippen molar-refractivity contribution in [1.82, 2.24) is 4.90 Å². The van der Waals surface area contributed by atoms with Crippen LogP contribution in [0.15, 0.2) is 11.6 Å². The molecule has 1 atom stereocenters. The lowest BCUT2D eigenvalue weighted by atomic mass is 10.2. The highest BCUT2D eigenvalue weighted by molar-refractivity contribution is 5.10. The zero-order valence-electron chi connectivity index (χ0n) is 8.21. The lowest BCUT2D eigenvalue weighted by Crippen LogP contribution is -2.33. The van der Waals surface area contributed by atoms with E-state index in [9.17, 15) is 0 Å². The molecule has 1 N–H and O–H groups in total. The quantitative estimate of drug-likeness (QED) is 0.668. The molecule has 1 unspecified atom stereocenters. The lowest BCUT2D eigenvalue weighted by molar-refractivity contribution is 0.167. The van der Waals surface area contributed by atoms with Gasteiger partial charge in [0.2, 0.25) is 0 Å². The molecule has 1 aliphatic heterocycles. The summed E-state index contributed by atoms with van der Waals surface area (Å²) in [6, 6.07) is 0.446. The van der Waals surface area contributed by atoms with Gasteiger partial charge < -0.3 is 5.11 Å². The van der Waals surface area contributed by atoms with Crippen molar-refractivity contribution in [3.63, 3.8) is 0 Å². The highest BCUT2D eigenvalue weighted by Gasteiger charge is 2.24. The number of nitrogens with zero attached hydrogens (tertiary/aromatic N) is 1. The molecule has 1 saturated heterocycles. The van der Waals surface area contributed by atoms with Gasteiger partial charge in [0.05, 0.1) is 6.61 Å². The SMILES string of the molecule is OCC1CCCN1CC1=CCCC1. The van der Waals surface area contributed by atoms with Crippen molar-refractivity contribution in [3.8, 4) is 0 Å². The van der Waals surface area contributed by atoms with Crippen LogP contribution in [-0.4, -0.2) is 35.7 Å². The summed E-state index contributed by atoms with van der Waals surface area (Å²) >= 11 is 0. The van der Waals surface area contributed by atoms with E-state index in [4.69, 9.17) is 5.11 Å². The summed E-state index contributed by atoms with van der Waals surface area (Å²) in [5, 5.41) is 9.15. The molecule has 0 amide bonds. The number of aliphatic hydroxyl groups excluding tert-OH is 1. The minimum Gasteiger partial charge on any atom is -0.395 e. The van der Waals surface area contributed by atoms with Crippen molar-refractivity contribution >= 4 is 0 Å². The van der Waals surface area contributed by atoms with E-state index >= 15 is 0 Å². The number of rotatable bonds is 3. The Morgan fingerprint density at radius 1 is 1.46 bits per heavy atom. The topological polar surface area (TPSA) is 23.5 Å². The smallest absolute Gasteiger partial charge is 0.0587 e. The Labute approximate surface area is 80.2 Å². The predicted octanol–water partition coefficient (Wildman–Crippen LogP) is 1.55. The summed E-state index contributed by atoms with van der Waals surface area (Å²) in [4.78, 5) is 2.44. The Morgan fingerprint density at radius 2 is 2.38 bits per heavy atom. The number of aliphatic hydroxyl groups is 1. The zero-order valence-corrected chi connectivity index (χ0v) is 8.21. The molecule has 74 valence electrons. The van der Waals surface area contributed by atoms with E-state index in [1.54, 1.807) is 5.57 Å². The third-order valence-corrected chi connectivity index (χ3v) is 3.25. The largest absolute Gasteiger partial charge is 0.395 e. The average Bonchev–Trinajstić information content (AvgIpc) is 2.76. The first-order chi connectivity index (χ1) is 6.40. The molecule has 0 bridgehead atoms. The average molecular weight is 181 g/mol. The number of hydrogen-bond donors (Lipinski definition) is 1. The van der Waals surface area contributed by atoms with Crippen molar-refractivity contribution in [2.24, 2.45) is 0 Å². The van der Waals surface area contributed by atoms with Crippen LogP contribution in [-0.2, 0) is 0 Å². The maximum atomic E-state index is 9.15. The predicted molar refractivity (Wildman–Crippen MR) is 53.6 cm³/mol. The molecule has 1 aliphatic carbocycles. The molecule has 1 heterocycles. The second kappa shape index (κ2) is 4.25. The molecule has 13 heavy (non-hydrogen) atoms. The van der Waals surface area contributed by atoms with Crippen LogP contribution < -0.4 is 0 Å². The maximum Gasteiger partial charge on any atom is 0.0587 e. The van der Waals surface area contributed by atoms with Crippen molar-refractivity contribution in [2.45, 2.75) is 38.1 Å². The molecule has 0 radical (unpaired) electrons. The number of hydrogen-bond acceptors (Lipinski definition) is 2. The Hall–Kier alpha value is -0.340. The van der Waals surface area contributed by atoms with Crippen molar-refractivity contribution in [3.05, 3.63) is 11.6 Å². The van der Waals surface area contributed by atoms with Gasteiger partial charge in [0.25, 0.3) is 0 Å². The molecule has 0 aromatic heterocycles. The second-order valence-corrected chi connectivity index (χ2v) is 4.20. The minimum atomic E-state index is 0.341. The second-order valence-electron chi connectivity index (χ2n) is 4.20. The molecule has 2 rings (SSSR count). The van der Waals surface area contributed by atoms with E-state index in [1.165, 1.54) is 38.6 Å². The number of allylic oxidation sites excluding steroid dienone is 1. The fourth-order valence-corrected chi connectivity index (χ4v) is 2.45. The summed E-state index contributed by atoms with van der Waals surface area (Å²) in [5.41, 5.74) is 1.60. The summed E-state index contributed by atoms with van der Waals surface area (Å²) in [6.45, 7) is 2.64. The molecule has 2 nitrogen and oxygen atoms in total. The molecular weight excluding hydrogens is 162 g/mol. The van der Waals surface area contributed by atoms with Crippen LogP contribution in [0.5, 0.6) is 0 Å². The third-order valence-electron chi connectivity index (χ3n) is 3.25. The third kappa shape index (κ3) is 2.12. The molecule has 2 heteroatoms. The Morgan fingerprint density at radius 3 is 3.08 bits per heavy atom. The van der Waals surface area contributed by atoms with Crippen molar-refractivity contribution < 1.29 is 5.11 Å². The Kier molecular flexibility index (Phi) is 3.01. The van der Waals surface area contributed by atoms with E-state index in [2.05, 4.69) is 11.0 Å². The van der Waals surface area contributed by atoms with Crippen molar-refractivity contribution in [1.29, 1.82) is 0 Å². The van der Waals surface area contributed by atoms with E-state index in [0.717, 1.165) is 6.54 Å². The minimum absolute atomic E-state index is 0.341. The summed E-state index contributed by atoms with van der Waals surface area (Å²) in [5.74, 6) is 0. The molecule has 0 aromatic carbocycles. The van der Waals surface area contributed by atoms with Crippen LogP contribution in [0.3, 0.4) is 0 Å². The maximum absolute atomic E-state index is 9.15. The Balaban J connectivity index is 1.86. The van der Waals surface area contributed by atoms with Gasteiger partial charge in [-0.2, -0.15) is 0 Å². The van der Waals surface area contributed by atoms with Gasteiger partial charge in [0.15, 0.2) is 0 Å². The van der Waals surface area contributed by atoms with E-state index in [-0.39, 0.29) is 0 Å².